The number of carbonyl (C=O) groups excluding carboxylic acids is 1. The fraction of sp³-hybridized carbons (Fsp3) is 0.316. The predicted octanol–water partition coefficient (Wildman–Crippen LogP) is 4.45. The number of Topliss-reactive ketones (excluding diaryl/α,β-unsaturated/α-hetero) is 1. The minimum atomic E-state index is -0.301. The van der Waals surface area contributed by atoms with Crippen molar-refractivity contribution in [2.45, 2.75) is 31.8 Å². The summed E-state index contributed by atoms with van der Waals surface area (Å²) in [6.45, 7) is 1.99. The maximum absolute atomic E-state index is 12.7. The van der Waals surface area contributed by atoms with E-state index in [9.17, 15) is 9.70 Å². The minimum Gasteiger partial charge on any atom is -0.299 e. The Morgan fingerprint density at radius 3 is 2.09 bits per heavy atom. The van der Waals surface area contributed by atoms with Crippen LogP contribution in [-0.2, 0) is 4.79 Å². The van der Waals surface area contributed by atoms with Crippen LogP contribution in [0, 0.1) is 10.8 Å². The van der Waals surface area contributed by atoms with Gasteiger partial charge in [-0.2, -0.15) is 0 Å². The van der Waals surface area contributed by atoms with E-state index in [1.165, 1.54) is 0 Å². The third kappa shape index (κ3) is 2.89. The largest absolute Gasteiger partial charge is 0.299 e. The van der Waals surface area contributed by atoms with Crippen LogP contribution in [0.5, 0.6) is 0 Å². The van der Waals surface area contributed by atoms with Gasteiger partial charge in [-0.3, -0.25) is 4.79 Å². The molecule has 3 atom stereocenters. The van der Waals surface area contributed by atoms with Gasteiger partial charge in [-0.25, -0.2) is 5.01 Å². The third-order valence-electron chi connectivity index (χ3n) is 4.65. The van der Waals surface area contributed by atoms with E-state index in [1.54, 1.807) is 5.01 Å². The molecule has 0 aromatic heterocycles. The molecule has 4 heteroatoms. The van der Waals surface area contributed by atoms with E-state index < -0.39 is 0 Å². The molecular formula is C19H20N2O2. The molecule has 0 aliphatic carbocycles. The van der Waals surface area contributed by atoms with Crippen molar-refractivity contribution < 1.29 is 4.79 Å². The average Bonchev–Trinajstić information content (AvgIpc) is 2.62. The van der Waals surface area contributed by atoms with E-state index in [1.807, 2.05) is 67.6 Å². The van der Waals surface area contributed by atoms with Crippen molar-refractivity contribution in [3.63, 3.8) is 0 Å². The van der Waals surface area contributed by atoms with Gasteiger partial charge in [-0.15, -0.1) is 4.91 Å². The zero-order valence-corrected chi connectivity index (χ0v) is 13.1. The summed E-state index contributed by atoms with van der Waals surface area (Å²) in [5.41, 5.74) is 1.92. The van der Waals surface area contributed by atoms with Gasteiger partial charge in [0.25, 0.3) is 0 Å². The van der Waals surface area contributed by atoms with Crippen molar-refractivity contribution in [3.8, 4) is 0 Å². The molecule has 4 nitrogen and oxygen atoms in total. The van der Waals surface area contributed by atoms with E-state index in [-0.39, 0.29) is 23.8 Å². The molecule has 2 aromatic carbocycles. The van der Waals surface area contributed by atoms with Crippen LogP contribution in [0.15, 0.2) is 65.9 Å². The van der Waals surface area contributed by atoms with E-state index in [0.29, 0.717) is 12.8 Å². The zero-order valence-electron chi connectivity index (χ0n) is 13.1. The van der Waals surface area contributed by atoms with Crippen LogP contribution in [0.1, 0.15) is 43.0 Å². The lowest BCUT2D eigenvalue weighted by molar-refractivity contribution is -0.132. The highest BCUT2D eigenvalue weighted by Crippen LogP contribution is 2.44. The first-order valence-electron chi connectivity index (χ1n) is 8.00. The summed E-state index contributed by atoms with van der Waals surface area (Å²) >= 11 is 0. The van der Waals surface area contributed by atoms with Gasteiger partial charge in [0, 0.05) is 12.3 Å². The number of hydrogen-bond donors (Lipinski definition) is 0. The molecular weight excluding hydrogens is 288 g/mol. The molecule has 0 amide bonds. The second-order valence-corrected chi connectivity index (χ2v) is 5.93. The summed E-state index contributed by atoms with van der Waals surface area (Å²) in [7, 11) is 0. The van der Waals surface area contributed by atoms with Gasteiger partial charge in [-0.05, 0) is 17.5 Å². The Morgan fingerprint density at radius 2 is 1.57 bits per heavy atom. The minimum absolute atomic E-state index is 0.199. The number of piperidine rings is 1. The molecule has 1 saturated heterocycles. The molecule has 118 valence electrons. The molecule has 0 saturated carbocycles. The van der Waals surface area contributed by atoms with Gasteiger partial charge >= 0.3 is 0 Å². The number of hydrogen-bond acceptors (Lipinski definition) is 3. The van der Waals surface area contributed by atoms with Crippen LogP contribution in [0.3, 0.4) is 0 Å². The molecule has 0 bridgehead atoms. The van der Waals surface area contributed by atoms with Crippen molar-refractivity contribution in [3.05, 3.63) is 76.7 Å². The zero-order chi connectivity index (χ0) is 16.2. The average molecular weight is 308 g/mol. The van der Waals surface area contributed by atoms with E-state index in [2.05, 4.69) is 5.29 Å². The first kappa shape index (κ1) is 15.4. The lowest BCUT2D eigenvalue weighted by Gasteiger charge is -2.42. The summed E-state index contributed by atoms with van der Waals surface area (Å²) in [6, 6.07) is 18.8. The summed E-state index contributed by atoms with van der Waals surface area (Å²) < 4.78 is 0. The highest BCUT2D eigenvalue weighted by molar-refractivity contribution is 5.83. The van der Waals surface area contributed by atoms with Crippen molar-refractivity contribution in [2.75, 3.05) is 0 Å². The van der Waals surface area contributed by atoms with Gasteiger partial charge in [-0.1, -0.05) is 67.6 Å². The van der Waals surface area contributed by atoms with Crippen molar-refractivity contribution >= 4 is 5.78 Å². The topological polar surface area (TPSA) is 49.7 Å². The number of nitroso groups, excluding NO2 is 1. The Hall–Kier alpha value is -2.49. The molecule has 0 spiro atoms. The fourth-order valence-electron chi connectivity index (χ4n) is 3.53. The Balaban J connectivity index is 2.05. The van der Waals surface area contributed by atoms with Crippen molar-refractivity contribution in [1.29, 1.82) is 0 Å². The molecule has 1 fully saturated rings. The summed E-state index contributed by atoms with van der Waals surface area (Å²) in [5, 5.41) is 4.91. The standard InChI is InChI=1S/C19H20N2O2/c1-2-16-18(22)13-17(14-9-5-3-6-10-14)21(20-23)19(16)15-11-7-4-8-12-15/h3-12,16-17,19H,2,13H2,1H3/t16-,17+,19+/m1/s1. The number of rotatable bonds is 4. The Labute approximate surface area is 136 Å². The molecule has 0 N–H and O–H groups in total. The van der Waals surface area contributed by atoms with Gasteiger partial charge in [0.1, 0.15) is 5.78 Å². The van der Waals surface area contributed by atoms with Crippen LogP contribution < -0.4 is 0 Å². The Morgan fingerprint density at radius 1 is 1.00 bits per heavy atom. The third-order valence-corrected chi connectivity index (χ3v) is 4.65. The summed E-state index contributed by atoms with van der Waals surface area (Å²) in [5.74, 6) is 0.00479. The van der Waals surface area contributed by atoms with Gasteiger partial charge in [0.2, 0.25) is 0 Å². The first-order chi connectivity index (χ1) is 11.3. The van der Waals surface area contributed by atoms with Gasteiger partial charge in [0.05, 0.1) is 17.4 Å². The smallest absolute Gasteiger partial charge is 0.140 e. The molecule has 1 heterocycles. The number of benzene rings is 2. The summed E-state index contributed by atoms with van der Waals surface area (Å²) in [6.07, 6.45) is 1.03. The molecule has 0 unspecified atom stereocenters. The Kier molecular flexibility index (Phi) is 4.51. The number of ketones is 1. The molecule has 2 aromatic rings. The normalized spacial score (nSPS) is 24.5. The van der Waals surface area contributed by atoms with Crippen molar-refractivity contribution in [2.24, 2.45) is 11.2 Å². The fourth-order valence-corrected chi connectivity index (χ4v) is 3.53. The van der Waals surface area contributed by atoms with Crippen LogP contribution >= 0.6 is 0 Å². The molecule has 0 radical (unpaired) electrons. The summed E-state index contributed by atoms with van der Waals surface area (Å²) in [4.78, 5) is 24.3. The van der Waals surface area contributed by atoms with Crippen molar-refractivity contribution in [1.82, 2.24) is 5.01 Å². The predicted molar refractivity (Wildman–Crippen MR) is 89.4 cm³/mol. The van der Waals surface area contributed by atoms with Gasteiger partial charge in [0.15, 0.2) is 0 Å². The highest BCUT2D eigenvalue weighted by Gasteiger charge is 2.43. The Bertz CT molecular complexity index is 672. The molecule has 23 heavy (non-hydrogen) atoms. The van der Waals surface area contributed by atoms with E-state index in [4.69, 9.17) is 0 Å². The number of nitrogens with zero attached hydrogens (tertiary/aromatic N) is 2. The lowest BCUT2D eigenvalue weighted by Crippen LogP contribution is -2.42. The van der Waals surface area contributed by atoms with Crippen LogP contribution in [0.4, 0.5) is 0 Å². The molecule has 1 aliphatic rings. The lowest BCUT2D eigenvalue weighted by atomic mass is 9.79. The number of carbonyl (C=O) groups is 1. The maximum Gasteiger partial charge on any atom is 0.140 e. The van der Waals surface area contributed by atoms with E-state index in [0.717, 1.165) is 11.1 Å². The maximum atomic E-state index is 12.7. The van der Waals surface area contributed by atoms with E-state index >= 15 is 0 Å². The van der Waals surface area contributed by atoms with Crippen LogP contribution in [-0.4, -0.2) is 10.8 Å². The van der Waals surface area contributed by atoms with Gasteiger partial charge < -0.3 is 0 Å². The highest BCUT2D eigenvalue weighted by atomic mass is 16.3. The quantitative estimate of drug-likeness (QED) is 0.784. The second kappa shape index (κ2) is 6.73. The van der Waals surface area contributed by atoms with Crippen LogP contribution in [0.25, 0.3) is 0 Å². The SMILES string of the molecule is CC[C@@H]1C(=O)C[C@@H](c2ccccc2)N(N=O)[C@H]1c1ccccc1. The molecule has 1 aliphatic heterocycles. The second-order valence-electron chi connectivity index (χ2n) is 5.93. The monoisotopic (exact) mass is 308 g/mol. The van der Waals surface area contributed by atoms with Crippen LogP contribution in [0.2, 0.25) is 0 Å². The molecule has 3 rings (SSSR count). The first-order valence-corrected chi connectivity index (χ1v) is 8.00.